The van der Waals surface area contributed by atoms with E-state index in [0.717, 1.165) is 0 Å². The summed E-state index contributed by atoms with van der Waals surface area (Å²) in [6.07, 6.45) is 3.14. The van der Waals surface area contributed by atoms with Crippen LogP contribution >= 0.6 is 0 Å². The second-order valence-electron chi connectivity index (χ2n) is 16.0. The fraction of sp³-hybridized carbons (Fsp3) is 0.694. The molecular formula is C36H44O12. The van der Waals surface area contributed by atoms with Crippen LogP contribution in [0.25, 0.3) is 0 Å². The molecule has 12 heteroatoms. The number of methoxy groups -OCH3 is 1. The van der Waals surface area contributed by atoms with Gasteiger partial charge in [-0.25, -0.2) is 9.59 Å². The zero-order valence-corrected chi connectivity index (χ0v) is 28.6. The maximum atomic E-state index is 13.6. The third kappa shape index (κ3) is 3.03. The van der Waals surface area contributed by atoms with E-state index in [9.17, 15) is 24.6 Å². The van der Waals surface area contributed by atoms with E-state index < -0.39 is 92.7 Å². The number of hydrogen-bond donors (Lipinski definition) is 2. The third-order valence-corrected chi connectivity index (χ3v) is 14.0. The van der Waals surface area contributed by atoms with Crippen LogP contribution in [0.4, 0.5) is 0 Å². The Hall–Kier alpha value is -3.03. The number of esters is 3. The number of aliphatic hydroxyl groups is 2. The van der Waals surface area contributed by atoms with Crippen LogP contribution in [-0.2, 0) is 42.8 Å². The van der Waals surface area contributed by atoms with Gasteiger partial charge in [-0.3, -0.25) is 4.79 Å². The first-order valence-corrected chi connectivity index (χ1v) is 16.8. The van der Waals surface area contributed by atoms with Crippen LogP contribution < -0.4 is 0 Å². The van der Waals surface area contributed by atoms with Crippen LogP contribution in [0.15, 0.2) is 46.3 Å². The van der Waals surface area contributed by atoms with Gasteiger partial charge in [0.2, 0.25) is 0 Å². The van der Waals surface area contributed by atoms with Crippen molar-refractivity contribution in [2.75, 3.05) is 7.11 Å². The lowest BCUT2D eigenvalue weighted by atomic mass is 9.35. The number of allylic oxidation sites excluding steroid dienone is 1. The van der Waals surface area contributed by atoms with Crippen molar-refractivity contribution in [2.24, 2.45) is 28.1 Å². The van der Waals surface area contributed by atoms with Gasteiger partial charge >= 0.3 is 17.9 Å². The van der Waals surface area contributed by atoms with E-state index >= 15 is 0 Å². The summed E-state index contributed by atoms with van der Waals surface area (Å²) in [7, 11) is 1.30. The molecule has 0 unspecified atom stereocenters. The number of furan rings is 1. The lowest BCUT2D eigenvalue weighted by Crippen LogP contribution is -2.92. The van der Waals surface area contributed by atoms with Crippen LogP contribution in [0.2, 0.25) is 0 Å². The highest BCUT2D eigenvalue weighted by atomic mass is 17.0. The summed E-state index contributed by atoms with van der Waals surface area (Å²) < 4.78 is 44.0. The molecule has 4 bridgehead atoms. The summed E-state index contributed by atoms with van der Waals surface area (Å²) in [6, 6.07) is 1.75. The zero-order chi connectivity index (χ0) is 34.7. The summed E-state index contributed by atoms with van der Waals surface area (Å²) in [6.45, 7) is 12.7. The number of rotatable bonds is 6. The average Bonchev–Trinajstić information content (AvgIpc) is 3.83. The van der Waals surface area contributed by atoms with Crippen LogP contribution in [0.3, 0.4) is 0 Å². The topological polar surface area (TPSA) is 160 Å². The van der Waals surface area contributed by atoms with Crippen molar-refractivity contribution in [1.82, 2.24) is 0 Å². The average molecular weight is 669 g/mol. The number of hydrogen-bond acceptors (Lipinski definition) is 12. The van der Waals surface area contributed by atoms with Crippen molar-refractivity contribution in [1.29, 1.82) is 0 Å². The summed E-state index contributed by atoms with van der Waals surface area (Å²) in [4.78, 5) is 40.5. The molecule has 0 radical (unpaired) electrons. The fourth-order valence-corrected chi connectivity index (χ4v) is 11.7. The van der Waals surface area contributed by atoms with Crippen LogP contribution in [-0.4, -0.2) is 75.8 Å². The Kier molecular flexibility index (Phi) is 6.17. The second kappa shape index (κ2) is 9.19. The number of fused-ring (bicyclic) bond motifs is 4. The van der Waals surface area contributed by atoms with Crippen molar-refractivity contribution in [2.45, 2.75) is 121 Å². The molecule has 1 aromatic heterocycles. The minimum absolute atomic E-state index is 0.0206. The Bertz CT molecular complexity index is 1700. The first kappa shape index (κ1) is 32.2. The highest BCUT2D eigenvalue weighted by Gasteiger charge is 3.02. The first-order valence-electron chi connectivity index (χ1n) is 16.8. The van der Waals surface area contributed by atoms with Gasteiger partial charge in [-0.15, -0.1) is 0 Å². The molecule has 1 spiro atoms. The molecule has 4 aliphatic carbocycles. The number of carbonyl (C=O) groups is 3. The normalized spacial score (nSPS) is 50.9. The monoisotopic (exact) mass is 668 g/mol. The van der Waals surface area contributed by atoms with Crippen molar-refractivity contribution in [3.05, 3.63) is 47.5 Å². The summed E-state index contributed by atoms with van der Waals surface area (Å²) >= 11 is 0. The maximum absolute atomic E-state index is 13.6. The molecule has 4 heterocycles. The van der Waals surface area contributed by atoms with Gasteiger partial charge in [-0.2, -0.15) is 0 Å². The molecule has 8 rings (SSSR count). The molecule has 48 heavy (non-hydrogen) atoms. The van der Waals surface area contributed by atoms with E-state index in [-0.39, 0.29) is 12.8 Å². The van der Waals surface area contributed by atoms with E-state index in [1.54, 1.807) is 26.0 Å². The van der Waals surface area contributed by atoms with Gasteiger partial charge in [0.15, 0.2) is 11.2 Å². The Morgan fingerprint density at radius 2 is 1.88 bits per heavy atom. The summed E-state index contributed by atoms with van der Waals surface area (Å²) in [5.41, 5.74) is -9.36. The molecule has 3 aliphatic heterocycles. The van der Waals surface area contributed by atoms with Gasteiger partial charge in [0.1, 0.15) is 29.5 Å². The minimum atomic E-state index is -2.28. The molecule has 12 atom stereocenters. The molecule has 0 amide bonds. The smallest absolute Gasteiger partial charge is 0.333 e. The number of cyclic esters (lactones) is 1. The van der Waals surface area contributed by atoms with E-state index in [4.69, 9.17) is 32.8 Å². The second-order valence-corrected chi connectivity index (χ2v) is 16.0. The summed E-state index contributed by atoms with van der Waals surface area (Å²) in [5, 5.41) is 26.8. The van der Waals surface area contributed by atoms with E-state index in [1.165, 1.54) is 25.7 Å². The molecule has 12 nitrogen and oxygen atoms in total. The lowest BCUT2D eigenvalue weighted by molar-refractivity contribution is -0.454. The SMILES string of the molecule is C/C=C(\C)C(=O)O[C@H]1[C@]2(C)C[C@]3(O)[C@@]1(O)[C@H]1O[C@]4(C(C)C)O[C@]5(CC[C@]6(C)C(=CC(=O)O[C@@H]6c6ccoc6)[C@]15O4)[C@]3(C)[C@H]2CC(=O)OC. The maximum Gasteiger partial charge on any atom is 0.333 e. The molecule has 1 aromatic rings. The predicted octanol–water partition coefficient (Wildman–Crippen LogP) is 3.80. The van der Waals surface area contributed by atoms with E-state index in [2.05, 4.69) is 0 Å². The quantitative estimate of drug-likeness (QED) is 0.257. The van der Waals surface area contributed by atoms with Crippen LogP contribution in [0.1, 0.15) is 85.8 Å². The van der Waals surface area contributed by atoms with Gasteiger partial charge in [-0.05, 0) is 50.7 Å². The standard InChI is InChI=1S/C36H44O12/c1-9-19(4)26(39)45-27-30(6)17-32(40)31(7,21(30)14-23(37)42-8)33-12-11-29(5)22(15-24(38)44-25(29)20-10-13-43-16-20)35(33)28(34(27,32)41)46-36(47-33,48-35)18(2)3/h9-10,13,15-16,18,21,25,27-28,40-41H,11-12,14,17H2,1-8H3/b19-9+/t21-,25+,27-,28+,29+,30+,31+,32+,33+,34-,35-,36+/m0/s1. The highest BCUT2D eigenvalue weighted by Crippen LogP contribution is 2.88. The molecular weight excluding hydrogens is 624 g/mol. The largest absolute Gasteiger partial charge is 0.472 e. The third-order valence-electron chi connectivity index (χ3n) is 14.0. The zero-order valence-electron chi connectivity index (χ0n) is 28.6. The van der Waals surface area contributed by atoms with Crippen LogP contribution in [0, 0.1) is 28.1 Å². The Labute approximate surface area is 278 Å². The molecule has 2 N–H and O–H groups in total. The molecule has 7 aliphatic rings. The number of ether oxygens (including phenoxy) is 6. The van der Waals surface area contributed by atoms with Crippen molar-refractivity contribution >= 4 is 17.9 Å². The summed E-state index contributed by atoms with van der Waals surface area (Å²) in [5.74, 6) is -4.68. The molecule has 2 saturated heterocycles. The van der Waals surface area contributed by atoms with Gasteiger partial charge in [0.05, 0.1) is 19.6 Å². The fourth-order valence-electron chi connectivity index (χ4n) is 11.7. The Balaban J connectivity index is 1.44. The van der Waals surface area contributed by atoms with Crippen molar-refractivity contribution < 1.29 is 57.4 Å². The first-order chi connectivity index (χ1) is 22.4. The minimum Gasteiger partial charge on any atom is -0.472 e. The van der Waals surface area contributed by atoms with Gasteiger partial charge in [0.25, 0.3) is 5.97 Å². The van der Waals surface area contributed by atoms with Gasteiger partial charge in [-0.1, -0.05) is 40.7 Å². The van der Waals surface area contributed by atoms with E-state index in [1.807, 2.05) is 34.6 Å². The van der Waals surface area contributed by atoms with Crippen molar-refractivity contribution in [3.8, 4) is 0 Å². The van der Waals surface area contributed by atoms with E-state index in [0.29, 0.717) is 29.6 Å². The highest BCUT2D eigenvalue weighted by molar-refractivity contribution is 5.88. The molecule has 4 saturated carbocycles. The predicted molar refractivity (Wildman–Crippen MR) is 163 cm³/mol. The number of carbonyl (C=O) groups excluding carboxylic acids is 3. The Morgan fingerprint density at radius 1 is 1.15 bits per heavy atom. The molecule has 0 aromatic carbocycles. The van der Waals surface area contributed by atoms with Crippen molar-refractivity contribution in [3.63, 3.8) is 0 Å². The van der Waals surface area contributed by atoms with Crippen LogP contribution in [0.5, 0.6) is 0 Å². The molecule has 6 fully saturated rings. The Morgan fingerprint density at radius 3 is 2.50 bits per heavy atom. The van der Waals surface area contributed by atoms with Gasteiger partial charge < -0.3 is 43.1 Å². The lowest BCUT2D eigenvalue weighted by Gasteiger charge is -2.75. The molecule has 260 valence electrons. The van der Waals surface area contributed by atoms with Gasteiger partial charge in [0, 0.05) is 45.8 Å².